The normalized spacial score (nSPS) is 22.2. The highest BCUT2D eigenvalue weighted by Crippen LogP contribution is 2.43. The Morgan fingerprint density at radius 3 is 2.31 bits per heavy atom. The molecule has 0 spiro atoms. The molecule has 0 fully saturated rings. The van der Waals surface area contributed by atoms with Crippen molar-refractivity contribution in [2.24, 2.45) is 5.41 Å². The number of hydrogen-bond acceptors (Lipinski definition) is 3. The van der Waals surface area contributed by atoms with Crippen LogP contribution in [0.1, 0.15) is 52.1 Å². The third-order valence-electron chi connectivity index (χ3n) is 5.52. The van der Waals surface area contributed by atoms with Crippen LogP contribution in [0.15, 0.2) is 35.5 Å². The number of urea groups is 1. The second-order valence-corrected chi connectivity index (χ2v) is 8.01. The fourth-order valence-electron chi connectivity index (χ4n) is 4.06. The van der Waals surface area contributed by atoms with E-state index in [2.05, 4.69) is 50.0 Å². The lowest BCUT2D eigenvalue weighted by atomic mass is 9.72. The molecule has 1 unspecified atom stereocenters. The van der Waals surface area contributed by atoms with Gasteiger partial charge in [0, 0.05) is 43.5 Å². The van der Waals surface area contributed by atoms with Crippen LogP contribution in [0.2, 0.25) is 0 Å². The minimum Gasteiger partial charge on any atom is -0.372 e. The number of ketones is 1. The first-order valence-corrected chi connectivity index (χ1v) is 9.42. The predicted octanol–water partition coefficient (Wildman–Crippen LogP) is 3.87. The second kappa shape index (κ2) is 6.78. The summed E-state index contributed by atoms with van der Waals surface area (Å²) in [6.45, 7) is 10.3. The molecule has 140 valence electrons. The molecule has 0 saturated carbocycles. The van der Waals surface area contributed by atoms with Crippen LogP contribution in [0.5, 0.6) is 0 Å². The molecule has 1 aromatic carbocycles. The monoisotopic (exact) mass is 355 g/mol. The van der Waals surface area contributed by atoms with E-state index in [0.29, 0.717) is 6.42 Å². The molecule has 2 aliphatic rings. The van der Waals surface area contributed by atoms with Gasteiger partial charge in [0.15, 0.2) is 5.78 Å². The van der Waals surface area contributed by atoms with Crippen molar-refractivity contribution >= 4 is 17.5 Å². The van der Waals surface area contributed by atoms with Crippen molar-refractivity contribution in [3.8, 4) is 0 Å². The third-order valence-corrected chi connectivity index (χ3v) is 5.52. The fraction of sp³-hybridized carbons (Fsp3) is 0.524. The fourth-order valence-corrected chi connectivity index (χ4v) is 4.06. The summed E-state index contributed by atoms with van der Waals surface area (Å²) in [5.74, 6) is 0.140. The van der Waals surface area contributed by atoms with Crippen LogP contribution >= 0.6 is 0 Å². The van der Waals surface area contributed by atoms with E-state index in [0.717, 1.165) is 42.0 Å². The minimum absolute atomic E-state index is 0.112. The highest BCUT2D eigenvalue weighted by Gasteiger charge is 2.42. The molecule has 1 heterocycles. The molecule has 0 bridgehead atoms. The topological polar surface area (TPSA) is 52.7 Å². The zero-order chi connectivity index (χ0) is 19.1. The van der Waals surface area contributed by atoms with E-state index in [4.69, 9.17) is 0 Å². The number of carbonyl (C=O) groups excluding carboxylic acids is 2. The van der Waals surface area contributed by atoms with Gasteiger partial charge < -0.3 is 15.1 Å². The van der Waals surface area contributed by atoms with E-state index >= 15 is 0 Å². The smallest absolute Gasteiger partial charge is 0.322 e. The van der Waals surface area contributed by atoms with Crippen LogP contribution in [0.4, 0.5) is 10.5 Å². The van der Waals surface area contributed by atoms with Crippen molar-refractivity contribution in [1.29, 1.82) is 0 Å². The second-order valence-electron chi connectivity index (χ2n) is 8.01. The quantitative estimate of drug-likeness (QED) is 0.892. The van der Waals surface area contributed by atoms with Crippen molar-refractivity contribution < 1.29 is 9.59 Å². The average molecular weight is 355 g/mol. The number of benzene rings is 1. The Labute approximate surface area is 156 Å². The summed E-state index contributed by atoms with van der Waals surface area (Å²) in [6, 6.07) is 7.70. The van der Waals surface area contributed by atoms with Crippen LogP contribution in [-0.2, 0) is 4.79 Å². The zero-order valence-electron chi connectivity index (χ0n) is 16.4. The van der Waals surface area contributed by atoms with E-state index in [1.807, 2.05) is 12.1 Å². The van der Waals surface area contributed by atoms with Gasteiger partial charge in [-0.3, -0.25) is 4.79 Å². The van der Waals surface area contributed by atoms with Crippen molar-refractivity contribution in [2.75, 3.05) is 25.0 Å². The van der Waals surface area contributed by atoms with Crippen LogP contribution < -0.4 is 10.2 Å². The SMILES string of the molecule is CCN(CC)c1ccc(C2NC(=O)N(C)C3=C2C(=O)CC(C)(C)C3)cc1. The molecular weight excluding hydrogens is 326 g/mol. The first-order valence-electron chi connectivity index (χ1n) is 9.42. The maximum Gasteiger partial charge on any atom is 0.322 e. The van der Waals surface area contributed by atoms with Gasteiger partial charge in [-0.05, 0) is 43.4 Å². The molecule has 1 aliphatic carbocycles. The number of carbonyl (C=O) groups is 2. The van der Waals surface area contributed by atoms with E-state index in [1.54, 1.807) is 11.9 Å². The maximum absolute atomic E-state index is 12.9. The molecule has 0 radical (unpaired) electrons. The Morgan fingerprint density at radius 2 is 1.73 bits per heavy atom. The minimum atomic E-state index is -0.358. The Kier molecular flexibility index (Phi) is 4.82. The molecule has 0 aromatic heterocycles. The number of hydrogen-bond donors (Lipinski definition) is 1. The summed E-state index contributed by atoms with van der Waals surface area (Å²) in [5.41, 5.74) is 3.62. The average Bonchev–Trinajstić information content (AvgIpc) is 2.59. The Morgan fingerprint density at radius 1 is 1.12 bits per heavy atom. The van der Waals surface area contributed by atoms with Gasteiger partial charge >= 0.3 is 6.03 Å². The largest absolute Gasteiger partial charge is 0.372 e. The highest BCUT2D eigenvalue weighted by atomic mass is 16.2. The van der Waals surface area contributed by atoms with Gasteiger partial charge in [-0.2, -0.15) is 0 Å². The number of rotatable bonds is 4. The first-order chi connectivity index (χ1) is 12.3. The van der Waals surface area contributed by atoms with Gasteiger partial charge in [0.25, 0.3) is 0 Å². The lowest BCUT2D eigenvalue weighted by molar-refractivity contribution is -0.118. The first kappa shape index (κ1) is 18.5. The molecule has 0 saturated heterocycles. The van der Waals surface area contributed by atoms with Gasteiger partial charge in [0.05, 0.1) is 6.04 Å². The number of Topliss-reactive ketones (excluding diaryl/α,β-unsaturated/α-hetero) is 1. The predicted molar refractivity (Wildman–Crippen MR) is 104 cm³/mol. The van der Waals surface area contributed by atoms with Gasteiger partial charge in [-0.15, -0.1) is 0 Å². The number of amides is 2. The number of allylic oxidation sites excluding steroid dienone is 1. The highest BCUT2D eigenvalue weighted by molar-refractivity contribution is 6.01. The summed E-state index contributed by atoms with van der Waals surface area (Å²) in [4.78, 5) is 29.3. The van der Waals surface area contributed by atoms with E-state index < -0.39 is 0 Å². The van der Waals surface area contributed by atoms with Gasteiger partial charge in [-0.1, -0.05) is 26.0 Å². The molecule has 5 heteroatoms. The summed E-state index contributed by atoms with van der Waals surface area (Å²) < 4.78 is 0. The molecule has 5 nitrogen and oxygen atoms in total. The van der Waals surface area contributed by atoms with Crippen LogP contribution in [0.25, 0.3) is 0 Å². The molecule has 3 rings (SSSR count). The van der Waals surface area contributed by atoms with Crippen molar-refractivity contribution in [2.45, 2.75) is 46.6 Å². The van der Waals surface area contributed by atoms with Gasteiger partial charge in [0.2, 0.25) is 0 Å². The molecule has 1 aliphatic heterocycles. The van der Waals surface area contributed by atoms with Crippen molar-refractivity contribution in [3.63, 3.8) is 0 Å². The summed E-state index contributed by atoms with van der Waals surface area (Å²) in [5, 5.41) is 3.01. The molecule has 1 atom stereocenters. The molecule has 1 aromatic rings. The zero-order valence-corrected chi connectivity index (χ0v) is 16.4. The van der Waals surface area contributed by atoms with E-state index in [9.17, 15) is 9.59 Å². The standard InChI is InChI=1S/C21H29N3O2/c1-6-24(7-2)15-10-8-14(9-11-15)19-18-16(23(5)20(26)22-19)12-21(3,4)13-17(18)25/h8-11,19H,6-7,12-13H2,1-5H3,(H,22,26). The number of anilines is 1. The molecule has 2 amide bonds. The number of nitrogens with zero attached hydrogens (tertiary/aromatic N) is 2. The van der Waals surface area contributed by atoms with Crippen LogP contribution in [0, 0.1) is 5.41 Å². The van der Waals surface area contributed by atoms with Crippen LogP contribution in [-0.4, -0.2) is 36.9 Å². The molecule has 1 N–H and O–H groups in total. The summed E-state index contributed by atoms with van der Waals surface area (Å²) in [6.07, 6.45) is 1.26. The summed E-state index contributed by atoms with van der Waals surface area (Å²) in [7, 11) is 1.75. The lowest BCUT2D eigenvalue weighted by Crippen LogP contribution is -2.49. The maximum atomic E-state index is 12.9. The third kappa shape index (κ3) is 3.22. The van der Waals surface area contributed by atoms with Crippen molar-refractivity contribution in [3.05, 3.63) is 41.1 Å². The van der Waals surface area contributed by atoms with E-state index in [1.165, 1.54) is 0 Å². The van der Waals surface area contributed by atoms with Crippen molar-refractivity contribution in [1.82, 2.24) is 10.2 Å². The lowest BCUT2D eigenvalue weighted by Gasteiger charge is -2.42. The van der Waals surface area contributed by atoms with Crippen LogP contribution in [0.3, 0.4) is 0 Å². The Hall–Kier alpha value is -2.30. The molecular formula is C21H29N3O2. The van der Waals surface area contributed by atoms with Gasteiger partial charge in [-0.25, -0.2) is 4.79 Å². The Bertz CT molecular complexity index is 745. The summed E-state index contributed by atoms with van der Waals surface area (Å²) >= 11 is 0. The van der Waals surface area contributed by atoms with E-state index in [-0.39, 0.29) is 23.3 Å². The number of nitrogens with one attached hydrogen (secondary N) is 1. The van der Waals surface area contributed by atoms with Gasteiger partial charge in [0.1, 0.15) is 0 Å². The molecule has 26 heavy (non-hydrogen) atoms. The Balaban J connectivity index is 2.00.